The van der Waals surface area contributed by atoms with E-state index in [9.17, 15) is 9.59 Å². The van der Waals surface area contributed by atoms with Crippen molar-refractivity contribution < 1.29 is 9.59 Å². The van der Waals surface area contributed by atoms with Gasteiger partial charge in [0, 0.05) is 34.8 Å². The van der Waals surface area contributed by atoms with Crippen LogP contribution in [0.1, 0.15) is 27.1 Å². The highest BCUT2D eigenvalue weighted by Gasteiger charge is 2.23. The van der Waals surface area contributed by atoms with Crippen molar-refractivity contribution in [1.82, 2.24) is 4.90 Å². The molecule has 5 rings (SSSR count). The first-order chi connectivity index (χ1) is 19.0. The summed E-state index contributed by atoms with van der Waals surface area (Å²) in [4.78, 5) is 33.2. The van der Waals surface area contributed by atoms with Crippen molar-refractivity contribution in [2.24, 2.45) is 0 Å². The predicted molar refractivity (Wildman–Crippen MR) is 162 cm³/mol. The Hall–Kier alpha value is -4.13. The number of hydrogen-bond donors (Lipinski definition) is 1. The topological polar surface area (TPSA) is 52.6 Å². The zero-order valence-electron chi connectivity index (χ0n) is 22.1. The van der Waals surface area contributed by atoms with E-state index in [4.69, 9.17) is 0 Å². The SMILES string of the molecule is CN(C)CCC1=CCN(C(=O)c2ccc(NC(=O)c3ccccc3-c3ccccc3)cc2)c2ccccc2S1. The van der Waals surface area contributed by atoms with E-state index >= 15 is 0 Å². The zero-order valence-corrected chi connectivity index (χ0v) is 22.9. The second kappa shape index (κ2) is 12.2. The molecule has 5 nitrogen and oxygen atoms in total. The third kappa shape index (κ3) is 6.30. The first kappa shape index (κ1) is 26.5. The van der Waals surface area contributed by atoms with Crippen molar-refractivity contribution in [1.29, 1.82) is 0 Å². The fourth-order valence-corrected chi connectivity index (χ4v) is 5.58. The summed E-state index contributed by atoms with van der Waals surface area (Å²) in [6, 6.07) is 32.6. The fraction of sp³-hybridized carbons (Fsp3) is 0.152. The van der Waals surface area contributed by atoms with Crippen LogP contribution in [-0.2, 0) is 0 Å². The summed E-state index contributed by atoms with van der Waals surface area (Å²) in [5, 5.41) is 2.99. The molecule has 0 spiro atoms. The van der Waals surface area contributed by atoms with E-state index < -0.39 is 0 Å². The Labute approximate surface area is 234 Å². The van der Waals surface area contributed by atoms with E-state index in [-0.39, 0.29) is 11.8 Å². The molecule has 6 heteroatoms. The van der Waals surface area contributed by atoms with Crippen molar-refractivity contribution >= 4 is 35.0 Å². The van der Waals surface area contributed by atoms with Crippen molar-refractivity contribution in [3.8, 4) is 11.1 Å². The number of hydrogen-bond acceptors (Lipinski definition) is 4. The summed E-state index contributed by atoms with van der Waals surface area (Å²) in [5.74, 6) is -0.261. The molecular weight excluding hydrogens is 502 g/mol. The van der Waals surface area contributed by atoms with Crippen LogP contribution in [0.25, 0.3) is 11.1 Å². The Morgan fingerprint density at radius 2 is 1.54 bits per heavy atom. The minimum absolute atomic E-state index is 0.0690. The molecule has 2 amide bonds. The van der Waals surface area contributed by atoms with Gasteiger partial charge >= 0.3 is 0 Å². The number of amides is 2. The Kier molecular flexibility index (Phi) is 8.25. The highest BCUT2D eigenvalue weighted by atomic mass is 32.2. The van der Waals surface area contributed by atoms with Gasteiger partial charge in [0.2, 0.25) is 0 Å². The summed E-state index contributed by atoms with van der Waals surface area (Å²) in [6.07, 6.45) is 3.10. The van der Waals surface area contributed by atoms with Gasteiger partial charge in [0.15, 0.2) is 0 Å². The van der Waals surface area contributed by atoms with Gasteiger partial charge in [-0.25, -0.2) is 0 Å². The van der Waals surface area contributed by atoms with Gasteiger partial charge in [0.05, 0.1) is 5.69 Å². The summed E-state index contributed by atoms with van der Waals surface area (Å²) >= 11 is 1.74. The standard InChI is InChI=1S/C33H31N3O2S/c1-35(2)22-20-27-21-23-36(30-14-8-9-15-31(30)39-27)33(38)25-16-18-26(19-17-25)34-32(37)29-13-7-6-12-28(29)24-10-4-3-5-11-24/h3-19,21H,20,22-23H2,1-2H3,(H,34,37). The summed E-state index contributed by atoms with van der Waals surface area (Å²) < 4.78 is 0. The van der Waals surface area contributed by atoms with Crippen LogP contribution < -0.4 is 10.2 Å². The molecule has 0 aromatic heterocycles. The largest absolute Gasteiger partial charge is 0.322 e. The number of carbonyl (C=O) groups is 2. The van der Waals surface area contributed by atoms with Crippen LogP contribution in [0, 0.1) is 0 Å². The highest BCUT2D eigenvalue weighted by Crippen LogP contribution is 2.39. The number of nitrogens with zero attached hydrogens (tertiary/aromatic N) is 2. The molecule has 1 aliphatic heterocycles. The van der Waals surface area contributed by atoms with E-state index in [1.807, 2.05) is 77.7 Å². The average molecular weight is 534 g/mol. The Morgan fingerprint density at radius 1 is 0.846 bits per heavy atom. The fourth-order valence-electron chi connectivity index (χ4n) is 4.52. The molecule has 4 aromatic carbocycles. The Balaban J connectivity index is 1.33. The Morgan fingerprint density at radius 3 is 2.31 bits per heavy atom. The van der Waals surface area contributed by atoms with Gasteiger partial charge in [-0.2, -0.15) is 0 Å². The minimum Gasteiger partial charge on any atom is -0.322 e. The van der Waals surface area contributed by atoms with Gasteiger partial charge < -0.3 is 15.1 Å². The molecule has 1 aliphatic rings. The first-order valence-corrected chi connectivity index (χ1v) is 13.8. The molecule has 0 fully saturated rings. The van der Waals surface area contributed by atoms with E-state index in [0.29, 0.717) is 23.4 Å². The molecule has 0 atom stereocenters. The Bertz CT molecular complexity index is 1500. The van der Waals surface area contributed by atoms with Crippen molar-refractivity contribution in [2.75, 3.05) is 37.4 Å². The first-order valence-electron chi connectivity index (χ1n) is 13.0. The van der Waals surface area contributed by atoms with Gasteiger partial charge in [-0.1, -0.05) is 78.5 Å². The van der Waals surface area contributed by atoms with Crippen LogP contribution in [-0.4, -0.2) is 43.9 Å². The molecule has 0 aliphatic carbocycles. The molecular formula is C33H31N3O2S. The van der Waals surface area contributed by atoms with Crippen LogP contribution in [0.5, 0.6) is 0 Å². The van der Waals surface area contributed by atoms with Crippen LogP contribution in [0.4, 0.5) is 11.4 Å². The second-order valence-electron chi connectivity index (χ2n) is 9.65. The molecule has 196 valence electrons. The normalized spacial score (nSPS) is 12.9. The number of para-hydroxylation sites is 1. The van der Waals surface area contributed by atoms with Crippen molar-refractivity contribution in [3.05, 3.63) is 125 Å². The van der Waals surface area contributed by atoms with Gasteiger partial charge in [0.25, 0.3) is 11.8 Å². The number of fused-ring (bicyclic) bond motifs is 1. The quantitative estimate of drug-likeness (QED) is 0.273. The van der Waals surface area contributed by atoms with Crippen molar-refractivity contribution in [2.45, 2.75) is 11.3 Å². The lowest BCUT2D eigenvalue weighted by Gasteiger charge is -2.22. The summed E-state index contributed by atoms with van der Waals surface area (Å²) in [5.41, 5.74) is 4.58. The molecule has 0 unspecified atom stereocenters. The van der Waals surface area contributed by atoms with Crippen molar-refractivity contribution in [3.63, 3.8) is 0 Å². The number of nitrogens with one attached hydrogen (secondary N) is 1. The van der Waals surface area contributed by atoms with Gasteiger partial charge in [-0.3, -0.25) is 9.59 Å². The summed E-state index contributed by atoms with van der Waals surface area (Å²) in [6.45, 7) is 1.47. The molecule has 4 aromatic rings. The smallest absolute Gasteiger partial charge is 0.258 e. The van der Waals surface area contributed by atoms with Crippen LogP contribution in [0.2, 0.25) is 0 Å². The molecule has 0 saturated carbocycles. The number of thioether (sulfide) groups is 1. The molecule has 0 bridgehead atoms. The molecule has 1 N–H and O–H groups in total. The van der Waals surface area contributed by atoms with E-state index in [1.54, 1.807) is 36.0 Å². The molecule has 0 radical (unpaired) electrons. The third-order valence-corrected chi connectivity index (χ3v) is 7.79. The maximum absolute atomic E-state index is 13.6. The molecule has 39 heavy (non-hydrogen) atoms. The van der Waals surface area contributed by atoms with Crippen LogP contribution >= 0.6 is 11.8 Å². The second-order valence-corrected chi connectivity index (χ2v) is 10.8. The van der Waals surface area contributed by atoms with Gasteiger partial charge in [0.1, 0.15) is 0 Å². The number of carbonyl (C=O) groups excluding carboxylic acids is 2. The lowest BCUT2D eigenvalue weighted by Crippen LogP contribution is -2.31. The molecule has 1 heterocycles. The average Bonchev–Trinajstić information content (AvgIpc) is 3.16. The number of rotatable bonds is 7. The summed E-state index contributed by atoms with van der Waals surface area (Å²) in [7, 11) is 4.14. The highest BCUT2D eigenvalue weighted by molar-refractivity contribution is 8.03. The predicted octanol–water partition coefficient (Wildman–Crippen LogP) is 7.19. The molecule has 0 saturated heterocycles. The van der Waals surface area contributed by atoms with Crippen LogP contribution in [0.3, 0.4) is 0 Å². The lowest BCUT2D eigenvalue weighted by atomic mass is 9.99. The van der Waals surface area contributed by atoms with Crippen LogP contribution in [0.15, 0.2) is 119 Å². The van der Waals surface area contributed by atoms with E-state index in [0.717, 1.165) is 34.7 Å². The monoisotopic (exact) mass is 533 g/mol. The third-order valence-electron chi connectivity index (χ3n) is 6.60. The van der Waals surface area contributed by atoms with Gasteiger partial charge in [-0.05, 0) is 79.0 Å². The van der Waals surface area contributed by atoms with Gasteiger partial charge in [-0.15, -0.1) is 0 Å². The maximum atomic E-state index is 13.6. The van der Waals surface area contributed by atoms with E-state index in [1.165, 1.54) is 4.91 Å². The van der Waals surface area contributed by atoms with E-state index in [2.05, 4.69) is 36.5 Å². The zero-order chi connectivity index (χ0) is 27.2. The maximum Gasteiger partial charge on any atom is 0.258 e. The number of anilines is 2. The number of benzene rings is 4. The lowest BCUT2D eigenvalue weighted by molar-refractivity contribution is 0.0988. The minimum atomic E-state index is -0.192.